The molecule has 0 aliphatic carbocycles. The lowest BCUT2D eigenvalue weighted by atomic mass is 9.96. The zero-order chi connectivity index (χ0) is 12.2. The topological polar surface area (TPSA) is 41.1 Å². The summed E-state index contributed by atoms with van der Waals surface area (Å²) in [5, 5.41) is 2.96. The van der Waals surface area contributed by atoms with E-state index in [1.165, 1.54) is 0 Å². The zero-order valence-corrected chi connectivity index (χ0v) is 10.9. The number of aromatic nitrogens is 2. The maximum absolute atomic E-state index is 4.35. The number of anilines is 1. The van der Waals surface area contributed by atoms with Crippen molar-refractivity contribution in [2.75, 3.05) is 26.0 Å². The maximum Gasteiger partial charge on any atom is 0.144 e. The Balaban J connectivity index is 2.53. The molecule has 0 atom stereocenters. The Morgan fingerprint density at radius 1 is 1.25 bits per heavy atom. The first-order chi connectivity index (χ1) is 7.40. The molecule has 1 rings (SSSR count). The molecule has 0 spiro atoms. The van der Waals surface area contributed by atoms with E-state index < -0.39 is 0 Å². The van der Waals surface area contributed by atoms with Crippen LogP contribution in [0.1, 0.15) is 26.5 Å². The fourth-order valence-electron chi connectivity index (χ4n) is 1.71. The molecule has 4 heteroatoms. The van der Waals surface area contributed by atoms with Crippen LogP contribution in [-0.4, -0.2) is 35.5 Å². The molecule has 90 valence electrons. The van der Waals surface area contributed by atoms with Gasteiger partial charge in [-0.25, -0.2) is 4.98 Å². The average molecular weight is 222 g/mol. The fraction of sp³-hybridized carbons (Fsp3) is 0.667. The van der Waals surface area contributed by atoms with Crippen molar-refractivity contribution in [1.82, 2.24) is 14.9 Å². The summed E-state index contributed by atoms with van der Waals surface area (Å²) in [4.78, 5) is 10.9. The first-order valence-electron chi connectivity index (χ1n) is 5.58. The molecule has 0 amide bonds. The minimum atomic E-state index is 0.313. The number of hydrogen-bond acceptors (Lipinski definition) is 4. The quantitative estimate of drug-likeness (QED) is 0.846. The second-order valence-corrected chi connectivity index (χ2v) is 5.38. The van der Waals surface area contributed by atoms with Crippen molar-refractivity contribution < 1.29 is 0 Å². The first kappa shape index (κ1) is 12.9. The van der Waals surface area contributed by atoms with E-state index in [2.05, 4.69) is 48.0 Å². The molecule has 1 aromatic rings. The highest BCUT2D eigenvalue weighted by molar-refractivity contribution is 5.29. The van der Waals surface area contributed by atoms with Gasteiger partial charge in [0.15, 0.2) is 0 Å². The molecule has 1 N–H and O–H groups in total. The van der Waals surface area contributed by atoms with Crippen LogP contribution in [0.5, 0.6) is 0 Å². The molecule has 0 aliphatic heterocycles. The molecule has 16 heavy (non-hydrogen) atoms. The van der Waals surface area contributed by atoms with Crippen molar-refractivity contribution in [1.29, 1.82) is 0 Å². The molecular formula is C12H22N4. The molecule has 1 heterocycles. The smallest absolute Gasteiger partial charge is 0.144 e. The standard InChI is InChI=1S/C12H22N4/c1-12(2,3)9-16(5)8-10-6-15-11(13-4)7-14-10/h6-7H,8-9H2,1-5H3,(H,13,15). The Morgan fingerprint density at radius 2 is 1.94 bits per heavy atom. The van der Waals surface area contributed by atoms with Crippen molar-refractivity contribution in [2.24, 2.45) is 5.41 Å². The van der Waals surface area contributed by atoms with Gasteiger partial charge in [0.05, 0.1) is 18.1 Å². The summed E-state index contributed by atoms with van der Waals surface area (Å²) in [5.41, 5.74) is 1.32. The van der Waals surface area contributed by atoms with Gasteiger partial charge in [0, 0.05) is 20.1 Å². The molecule has 0 saturated carbocycles. The summed E-state index contributed by atoms with van der Waals surface area (Å²) < 4.78 is 0. The predicted octanol–water partition coefficient (Wildman–Crippen LogP) is 2.00. The largest absolute Gasteiger partial charge is 0.372 e. The lowest BCUT2D eigenvalue weighted by Gasteiger charge is -2.26. The van der Waals surface area contributed by atoms with Crippen LogP contribution in [0.3, 0.4) is 0 Å². The van der Waals surface area contributed by atoms with E-state index in [0.29, 0.717) is 5.41 Å². The van der Waals surface area contributed by atoms with Gasteiger partial charge in [0.25, 0.3) is 0 Å². The van der Waals surface area contributed by atoms with Gasteiger partial charge < -0.3 is 5.32 Å². The molecule has 0 fully saturated rings. The van der Waals surface area contributed by atoms with Crippen molar-refractivity contribution in [3.8, 4) is 0 Å². The third-order valence-corrected chi connectivity index (χ3v) is 2.14. The van der Waals surface area contributed by atoms with Gasteiger partial charge in [-0.2, -0.15) is 0 Å². The van der Waals surface area contributed by atoms with Gasteiger partial charge in [-0.15, -0.1) is 0 Å². The number of hydrogen-bond donors (Lipinski definition) is 1. The third-order valence-electron chi connectivity index (χ3n) is 2.14. The van der Waals surface area contributed by atoms with Crippen LogP contribution in [0.25, 0.3) is 0 Å². The molecule has 0 aliphatic rings. The second kappa shape index (κ2) is 5.25. The van der Waals surface area contributed by atoms with Crippen molar-refractivity contribution >= 4 is 5.82 Å². The molecular weight excluding hydrogens is 200 g/mol. The zero-order valence-electron chi connectivity index (χ0n) is 10.9. The van der Waals surface area contributed by atoms with Crippen LogP contribution in [-0.2, 0) is 6.54 Å². The molecule has 1 aromatic heterocycles. The summed E-state index contributed by atoms with van der Waals surface area (Å²) in [5.74, 6) is 0.808. The lowest BCUT2D eigenvalue weighted by Crippen LogP contribution is -2.29. The highest BCUT2D eigenvalue weighted by atomic mass is 15.1. The molecule has 4 nitrogen and oxygen atoms in total. The Kier molecular flexibility index (Phi) is 4.24. The minimum absolute atomic E-state index is 0.313. The van der Waals surface area contributed by atoms with E-state index in [1.807, 2.05) is 13.2 Å². The SMILES string of the molecule is CNc1cnc(CN(C)CC(C)(C)C)cn1. The maximum atomic E-state index is 4.35. The summed E-state index contributed by atoms with van der Waals surface area (Å²) in [6.07, 6.45) is 3.59. The van der Waals surface area contributed by atoms with Crippen LogP contribution in [0, 0.1) is 5.41 Å². The fourth-order valence-corrected chi connectivity index (χ4v) is 1.71. The van der Waals surface area contributed by atoms with Gasteiger partial charge in [-0.05, 0) is 12.5 Å². The highest BCUT2D eigenvalue weighted by Crippen LogP contribution is 2.15. The van der Waals surface area contributed by atoms with Crippen molar-refractivity contribution in [3.05, 3.63) is 18.1 Å². The van der Waals surface area contributed by atoms with E-state index in [-0.39, 0.29) is 0 Å². The summed E-state index contributed by atoms with van der Waals surface area (Å²) in [6.45, 7) is 8.59. The van der Waals surface area contributed by atoms with Gasteiger partial charge in [-0.1, -0.05) is 20.8 Å². The Morgan fingerprint density at radius 3 is 2.38 bits per heavy atom. The molecule has 0 unspecified atom stereocenters. The first-order valence-corrected chi connectivity index (χ1v) is 5.58. The van der Waals surface area contributed by atoms with Gasteiger partial charge in [0.1, 0.15) is 5.82 Å². The molecule has 0 saturated heterocycles. The summed E-state index contributed by atoms with van der Waals surface area (Å²) in [7, 11) is 3.95. The molecule has 0 radical (unpaired) electrons. The van der Waals surface area contributed by atoms with E-state index >= 15 is 0 Å². The van der Waals surface area contributed by atoms with E-state index in [1.54, 1.807) is 6.20 Å². The monoisotopic (exact) mass is 222 g/mol. The predicted molar refractivity (Wildman–Crippen MR) is 67.4 cm³/mol. The lowest BCUT2D eigenvalue weighted by molar-refractivity contribution is 0.219. The summed E-state index contributed by atoms with van der Waals surface area (Å²) in [6, 6.07) is 0. The Hall–Kier alpha value is -1.16. The summed E-state index contributed by atoms with van der Waals surface area (Å²) >= 11 is 0. The van der Waals surface area contributed by atoms with E-state index in [4.69, 9.17) is 0 Å². The third kappa shape index (κ3) is 4.57. The highest BCUT2D eigenvalue weighted by Gasteiger charge is 2.13. The van der Waals surface area contributed by atoms with Crippen LogP contribution in [0.2, 0.25) is 0 Å². The van der Waals surface area contributed by atoms with Crippen molar-refractivity contribution in [3.63, 3.8) is 0 Å². The van der Waals surface area contributed by atoms with Gasteiger partial charge in [-0.3, -0.25) is 9.88 Å². The minimum Gasteiger partial charge on any atom is -0.372 e. The Labute approximate surface area is 98.1 Å². The van der Waals surface area contributed by atoms with Crippen LogP contribution >= 0.6 is 0 Å². The van der Waals surface area contributed by atoms with Gasteiger partial charge in [0.2, 0.25) is 0 Å². The molecule has 0 bridgehead atoms. The van der Waals surface area contributed by atoms with Crippen LogP contribution in [0.4, 0.5) is 5.82 Å². The van der Waals surface area contributed by atoms with E-state index in [9.17, 15) is 0 Å². The van der Waals surface area contributed by atoms with Gasteiger partial charge >= 0.3 is 0 Å². The number of nitrogens with zero attached hydrogens (tertiary/aromatic N) is 3. The van der Waals surface area contributed by atoms with E-state index in [0.717, 1.165) is 24.6 Å². The number of rotatable bonds is 4. The Bertz CT molecular complexity index is 313. The number of nitrogens with one attached hydrogen (secondary N) is 1. The normalized spacial score (nSPS) is 11.9. The molecule has 0 aromatic carbocycles. The second-order valence-electron chi connectivity index (χ2n) is 5.38. The van der Waals surface area contributed by atoms with Crippen LogP contribution < -0.4 is 5.32 Å². The van der Waals surface area contributed by atoms with Crippen molar-refractivity contribution in [2.45, 2.75) is 27.3 Å². The average Bonchev–Trinajstić information content (AvgIpc) is 2.16. The van der Waals surface area contributed by atoms with Crippen LogP contribution in [0.15, 0.2) is 12.4 Å².